The highest BCUT2D eigenvalue weighted by atomic mass is 79.9. The fourth-order valence-corrected chi connectivity index (χ4v) is 2.07. The van der Waals surface area contributed by atoms with Gasteiger partial charge in [-0.2, -0.15) is 0 Å². The highest BCUT2D eigenvalue weighted by molar-refractivity contribution is 9.10. The highest BCUT2D eigenvalue weighted by Gasteiger charge is 2.15. The molecule has 0 heterocycles. The average molecular weight is 342 g/mol. The standard InChI is InChI=1S/C14H10BrClO3/c1-18-12-4-2-3-5-13(12)19-14(17)10-8-9(15)6-7-11(10)16/h2-8H,1H3. The van der Waals surface area contributed by atoms with Gasteiger partial charge in [0.05, 0.1) is 17.7 Å². The molecule has 19 heavy (non-hydrogen) atoms. The van der Waals surface area contributed by atoms with E-state index in [0.29, 0.717) is 22.1 Å². The summed E-state index contributed by atoms with van der Waals surface area (Å²) >= 11 is 9.27. The monoisotopic (exact) mass is 340 g/mol. The number of hydrogen-bond acceptors (Lipinski definition) is 3. The van der Waals surface area contributed by atoms with E-state index in [9.17, 15) is 4.79 Å². The Morgan fingerprint density at radius 2 is 1.84 bits per heavy atom. The van der Waals surface area contributed by atoms with E-state index < -0.39 is 5.97 Å². The van der Waals surface area contributed by atoms with Crippen LogP contribution in [-0.4, -0.2) is 13.1 Å². The van der Waals surface area contributed by atoms with Crippen LogP contribution in [0.3, 0.4) is 0 Å². The summed E-state index contributed by atoms with van der Waals surface area (Å²) in [6, 6.07) is 11.9. The van der Waals surface area contributed by atoms with Gasteiger partial charge in [-0.1, -0.05) is 39.7 Å². The molecule has 2 rings (SSSR count). The van der Waals surface area contributed by atoms with E-state index in [1.54, 1.807) is 42.5 Å². The van der Waals surface area contributed by atoms with Crippen molar-refractivity contribution in [1.82, 2.24) is 0 Å². The van der Waals surface area contributed by atoms with Gasteiger partial charge in [-0.25, -0.2) is 4.79 Å². The molecule has 0 fully saturated rings. The number of esters is 1. The van der Waals surface area contributed by atoms with Crippen LogP contribution in [0, 0.1) is 0 Å². The number of halogens is 2. The van der Waals surface area contributed by atoms with Crippen molar-refractivity contribution >= 4 is 33.5 Å². The van der Waals surface area contributed by atoms with Crippen LogP contribution < -0.4 is 9.47 Å². The van der Waals surface area contributed by atoms with E-state index in [1.807, 2.05) is 0 Å². The summed E-state index contributed by atoms with van der Waals surface area (Å²) in [5.41, 5.74) is 0.293. The van der Waals surface area contributed by atoms with Gasteiger partial charge in [0.1, 0.15) is 0 Å². The second-order valence-corrected chi connectivity index (χ2v) is 4.99. The van der Waals surface area contributed by atoms with E-state index >= 15 is 0 Å². The number of benzene rings is 2. The first kappa shape index (κ1) is 13.9. The Morgan fingerprint density at radius 1 is 1.16 bits per heavy atom. The van der Waals surface area contributed by atoms with Crippen molar-refractivity contribution in [2.75, 3.05) is 7.11 Å². The predicted molar refractivity (Wildman–Crippen MR) is 77.1 cm³/mol. The van der Waals surface area contributed by atoms with E-state index in [-0.39, 0.29) is 0 Å². The molecule has 0 unspecified atom stereocenters. The quantitative estimate of drug-likeness (QED) is 0.616. The molecule has 0 saturated heterocycles. The van der Waals surface area contributed by atoms with E-state index in [4.69, 9.17) is 21.1 Å². The molecule has 0 aliphatic carbocycles. The molecular formula is C14H10BrClO3. The summed E-state index contributed by atoms with van der Waals surface area (Å²) < 4.78 is 11.2. The Morgan fingerprint density at radius 3 is 2.53 bits per heavy atom. The van der Waals surface area contributed by atoms with Gasteiger partial charge in [-0.05, 0) is 30.3 Å². The van der Waals surface area contributed by atoms with Gasteiger partial charge in [0.2, 0.25) is 0 Å². The third-order valence-corrected chi connectivity index (χ3v) is 3.24. The van der Waals surface area contributed by atoms with Gasteiger partial charge in [0.15, 0.2) is 11.5 Å². The third kappa shape index (κ3) is 3.28. The van der Waals surface area contributed by atoms with Crippen molar-refractivity contribution < 1.29 is 14.3 Å². The molecule has 0 aliphatic heterocycles. The van der Waals surface area contributed by atoms with Crippen LogP contribution in [0.25, 0.3) is 0 Å². The summed E-state index contributed by atoms with van der Waals surface area (Å²) in [5, 5.41) is 0.336. The van der Waals surface area contributed by atoms with E-state index in [2.05, 4.69) is 15.9 Å². The second-order valence-electron chi connectivity index (χ2n) is 3.66. The number of carbonyl (C=O) groups excluding carboxylic acids is 1. The molecule has 0 amide bonds. The van der Waals surface area contributed by atoms with Gasteiger partial charge >= 0.3 is 5.97 Å². The molecular weight excluding hydrogens is 332 g/mol. The second kappa shape index (κ2) is 6.08. The fraction of sp³-hybridized carbons (Fsp3) is 0.0714. The minimum Gasteiger partial charge on any atom is -0.493 e. The molecule has 0 atom stereocenters. The Bertz CT molecular complexity index is 613. The Balaban J connectivity index is 2.28. The third-order valence-electron chi connectivity index (χ3n) is 2.42. The van der Waals surface area contributed by atoms with Gasteiger partial charge in [0.25, 0.3) is 0 Å². The van der Waals surface area contributed by atoms with E-state index in [0.717, 1.165) is 4.47 Å². The van der Waals surface area contributed by atoms with Crippen molar-refractivity contribution in [2.45, 2.75) is 0 Å². The maximum atomic E-state index is 12.1. The van der Waals surface area contributed by atoms with Crippen molar-refractivity contribution in [3.8, 4) is 11.5 Å². The first-order chi connectivity index (χ1) is 9.11. The molecule has 0 spiro atoms. The maximum absolute atomic E-state index is 12.1. The summed E-state index contributed by atoms with van der Waals surface area (Å²) in [5.74, 6) is 0.309. The van der Waals surface area contributed by atoms with E-state index in [1.165, 1.54) is 7.11 Å². The number of carbonyl (C=O) groups is 1. The predicted octanol–water partition coefficient (Wildman–Crippen LogP) is 4.33. The lowest BCUT2D eigenvalue weighted by atomic mass is 10.2. The number of rotatable bonds is 3. The molecule has 2 aromatic rings. The molecule has 0 N–H and O–H groups in total. The van der Waals surface area contributed by atoms with Crippen molar-refractivity contribution in [1.29, 1.82) is 0 Å². The first-order valence-electron chi connectivity index (χ1n) is 5.42. The summed E-state index contributed by atoms with van der Waals surface area (Å²) in [6.45, 7) is 0. The van der Waals surface area contributed by atoms with Gasteiger partial charge in [0, 0.05) is 4.47 Å². The minimum atomic E-state index is -0.532. The van der Waals surface area contributed by atoms with Crippen molar-refractivity contribution in [3.63, 3.8) is 0 Å². The smallest absolute Gasteiger partial charge is 0.345 e. The zero-order chi connectivity index (χ0) is 13.8. The van der Waals surface area contributed by atoms with Crippen LogP contribution in [0.15, 0.2) is 46.9 Å². The first-order valence-corrected chi connectivity index (χ1v) is 6.59. The average Bonchev–Trinajstić information content (AvgIpc) is 2.42. The molecule has 0 saturated carbocycles. The number of ether oxygens (including phenoxy) is 2. The van der Waals surface area contributed by atoms with Crippen LogP contribution in [0.2, 0.25) is 5.02 Å². The van der Waals surface area contributed by atoms with Crippen LogP contribution in [0.5, 0.6) is 11.5 Å². The van der Waals surface area contributed by atoms with Gasteiger partial charge < -0.3 is 9.47 Å². The van der Waals surface area contributed by atoms with Crippen molar-refractivity contribution in [3.05, 3.63) is 57.5 Å². The summed E-state index contributed by atoms with van der Waals surface area (Å²) in [6.07, 6.45) is 0. The SMILES string of the molecule is COc1ccccc1OC(=O)c1cc(Br)ccc1Cl. The van der Waals surface area contributed by atoms with Crippen molar-refractivity contribution in [2.24, 2.45) is 0 Å². The Hall–Kier alpha value is -1.52. The summed E-state index contributed by atoms with van der Waals surface area (Å²) in [7, 11) is 1.51. The van der Waals surface area contributed by atoms with Crippen LogP contribution in [0.4, 0.5) is 0 Å². The van der Waals surface area contributed by atoms with Gasteiger partial charge in [-0.3, -0.25) is 0 Å². The minimum absolute atomic E-state index is 0.293. The molecule has 0 bridgehead atoms. The lowest BCUT2D eigenvalue weighted by molar-refractivity contribution is 0.0730. The topological polar surface area (TPSA) is 35.5 Å². The molecule has 5 heteroatoms. The number of methoxy groups -OCH3 is 1. The fourth-order valence-electron chi connectivity index (χ4n) is 1.51. The molecule has 98 valence electrons. The molecule has 2 aromatic carbocycles. The molecule has 0 aliphatic rings. The van der Waals surface area contributed by atoms with Gasteiger partial charge in [-0.15, -0.1) is 0 Å². The normalized spacial score (nSPS) is 10.1. The highest BCUT2D eigenvalue weighted by Crippen LogP contribution is 2.28. The van der Waals surface area contributed by atoms with Crippen LogP contribution >= 0.6 is 27.5 Å². The molecule has 0 radical (unpaired) electrons. The summed E-state index contributed by atoms with van der Waals surface area (Å²) in [4.78, 5) is 12.1. The molecule has 3 nitrogen and oxygen atoms in total. The number of para-hydroxylation sites is 2. The van der Waals surface area contributed by atoms with Crippen LogP contribution in [0.1, 0.15) is 10.4 Å². The molecule has 0 aromatic heterocycles. The largest absolute Gasteiger partial charge is 0.493 e. The Labute approximate surface area is 124 Å². The van der Waals surface area contributed by atoms with Crippen LogP contribution in [-0.2, 0) is 0 Å². The maximum Gasteiger partial charge on any atom is 0.345 e. The lowest BCUT2D eigenvalue weighted by Gasteiger charge is -2.09. The zero-order valence-corrected chi connectivity index (χ0v) is 12.4. The lowest BCUT2D eigenvalue weighted by Crippen LogP contribution is -2.09. The zero-order valence-electron chi connectivity index (χ0n) is 10.0. The Kier molecular flexibility index (Phi) is 4.45. The number of hydrogen-bond donors (Lipinski definition) is 0.